The van der Waals surface area contributed by atoms with E-state index in [4.69, 9.17) is 0 Å². The molecule has 1 aromatic rings. The van der Waals surface area contributed by atoms with E-state index in [-0.39, 0.29) is 11.8 Å². The maximum absolute atomic E-state index is 12.3. The van der Waals surface area contributed by atoms with Gasteiger partial charge in [0.05, 0.1) is 0 Å². The number of likely N-dealkylation sites (N-methyl/N-ethyl adjacent to an activating group) is 1. The summed E-state index contributed by atoms with van der Waals surface area (Å²) in [5.41, 5.74) is -0.0795. The van der Waals surface area contributed by atoms with Gasteiger partial charge in [-0.2, -0.15) is 0 Å². The van der Waals surface area contributed by atoms with Gasteiger partial charge in [-0.15, -0.1) is 0 Å². The second-order valence-electron chi connectivity index (χ2n) is 4.72. The Hall–Kier alpha value is -1.84. The molecule has 1 fully saturated rings. The zero-order valence-corrected chi connectivity index (χ0v) is 10.9. The number of hydrogen-bond donors (Lipinski definition) is 1. The van der Waals surface area contributed by atoms with E-state index in [1.807, 2.05) is 37.3 Å². The molecule has 18 heavy (non-hydrogen) atoms. The Balaban J connectivity index is 2.51. The molecular formula is C14H18N2O2. The molecule has 4 nitrogen and oxygen atoms in total. The van der Waals surface area contributed by atoms with Crippen molar-refractivity contribution in [3.63, 3.8) is 0 Å². The van der Waals surface area contributed by atoms with Crippen LogP contribution in [0.5, 0.6) is 0 Å². The van der Waals surface area contributed by atoms with E-state index >= 15 is 0 Å². The van der Waals surface area contributed by atoms with E-state index in [1.165, 1.54) is 0 Å². The predicted molar refractivity (Wildman–Crippen MR) is 68.8 cm³/mol. The molecule has 0 bridgehead atoms. The summed E-state index contributed by atoms with van der Waals surface area (Å²) in [5, 5.41) is 2.75. The molecule has 0 aliphatic carbocycles. The highest BCUT2D eigenvalue weighted by Gasteiger charge is 2.48. The van der Waals surface area contributed by atoms with Crippen LogP contribution >= 0.6 is 0 Å². The van der Waals surface area contributed by atoms with Crippen LogP contribution < -0.4 is 5.32 Å². The lowest BCUT2D eigenvalue weighted by molar-refractivity contribution is -0.156. The highest BCUT2D eigenvalue weighted by Crippen LogP contribution is 2.31. The lowest BCUT2D eigenvalue weighted by Crippen LogP contribution is -2.66. The zero-order chi connectivity index (χ0) is 13.3. The Labute approximate surface area is 107 Å². The molecule has 1 aliphatic heterocycles. The number of benzene rings is 1. The topological polar surface area (TPSA) is 49.4 Å². The first-order valence-electron chi connectivity index (χ1n) is 6.19. The van der Waals surface area contributed by atoms with Crippen LogP contribution in [0, 0.1) is 0 Å². The van der Waals surface area contributed by atoms with Crippen LogP contribution in [0.2, 0.25) is 0 Å². The fraction of sp³-hybridized carbons (Fsp3) is 0.429. The van der Waals surface area contributed by atoms with Crippen molar-refractivity contribution in [2.45, 2.75) is 32.4 Å². The Bertz CT molecular complexity index is 472. The maximum Gasteiger partial charge on any atom is 0.250 e. The average Bonchev–Trinajstić information content (AvgIpc) is 2.38. The summed E-state index contributed by atoms with van der Waals surface area (Å²) < 4.78 is 0. The minimum atomic E-state index is -0.917. The number of nitrogens with one attached hydrogen (secondary N) is 1. The molecule has 0 radical (unpaired) electrons. The van der Waals surface area contributed by atoms with Crippen molar-refractivity contribution in [2.75, 3.05) is 6.54 Å². The SMILES string of the molecule is CCN1C(=O)C(C)NC(=O)C1(C)c1ccccc1. The van der Waals surface area contributed by atoms with Crippen LogP contribution in [0.25, 0.3) is 0 Å². The van der Waals surface area contributed by atoms with Crippen LogP contribution in [0.4, 0.5) is 0 Å². The van der Waals surface area contributed by atoms with Crippen LogP contribution in [0.3, 0.4) is 0 Å². The first-order chi connectivity index (χ1) is 8.51. The van der Waals surface area contributed by atoms with E-state index in [9.17, 15) is 9.59 Å². The van der Waals surface area contributed by atoms with Crippen molar-refractivity contribution in [3.8, 4) is 0 Å². The van der Waals surface area contributed by atoms with E-state index < -0.39 is 11.6 Å². The number of nitrogens with zero attached hydrogens (tertiary/aromatic N) is 1. The molecule has 4 heteroatoms. The Morgan fingerprint density at radius 2 is 1.89 bits per heavy atom. The summed E-state index contributed by atoms with van der Waals surface area (Å²) in [6.45, 7) is 5.92. The van der Waals surface area contributed by atoms with Gasteiger partial charge in [0.15, 0.2) is 0 Å². The maximum atomic E-state index is 12.3. The van der Waals surface area contributed by atoms with E-state index in [0.717, 1.165) is 5.56 Å². The van der Waals surface area contributed by atoms with Gasteiger partial charge < -0.3 is 10.2 Å². The molecule has 2 amide bonds. The summed E-state index contributed by atoms with van der Waals surface area (Å²) in [6, 6.07) is 8.97. The monoisotopic (exact) mass is 246 g/mol. The van der Waals surface area contributed by atoms with Crippen molar-refractivity contribution in [1.29, 1.82) is 0 Å². The number of hydrogen-bond acceptors (Lipinski definition) is 2. The molecule has 0 saturated carbocycles. The zero-order valence-electron chi connectivity index (χ0n) is 10.9. The van der Waals surface area contributed by atoms with Crippen molar-refractivity contribution in [2.24, 2.45) is 0 Å². The van der Waals surface area contributed by atoms with Crippen LogP contribution in [-0.4, -0.2) is 29.3 Å². The Morgan fingerprint density at radius 1 is 1.28 bits per heavy atom. The molecule has 0 spiro atoms. The molecule has 0 aromatic heterocycles. The molecular weight excluding hydrogens is 228 g/mol. The molecule has 1 saturated heterocycles. The lowest BCUT2D eigenvalue weighted by Gasteiger charge is -2.45. The summed E-state index contributed by atoms with van der Waals surface area (Å²) in [6.07, 6.45) is 0. The molecule has 2 rings (SSSR count). The molecule has 2 unspecified atom stereocenters. The predicted octanol–water partition coefficient (Wildman–Crippen LogP) is 1.27. The number of piperazine rings is 1. The van der Waals surface area contributed by atoms with Gasteiger partial charge in [-0.25, -0.2) is 0 Å². The highest BCUT2D eigenvalue weighted by atomic mass is 16.2. The normalized spacial score (nSPS) is 28.2. The van der Waals surface area contributed by atoms with Gasteiger partial charge >= 0.3 is 0 Å². The van der Waals surface area contributed by atoms with Gasteiger partial charge in [-0.05, 0) is 26.3 Å². The first-order valence-corrected chi connectivity index (χ1v) is 6.19. The summed E-state index contributed by atoms with van der Waals surface area (Å²) in [7, 11) is 0. The molecule has 96 valence electrons. The van der Waals surface area contributed by atoms with E-state index in [1.54, 1.807) is 18.7 Å². The summed E-state index contributed by atoms with van der Waals surface area (Å²) in [5.74, 6) is -0.161. The fourth-order valence-electron chi connectivity index (χ4n) is 2.50. The highest BCUT2D eigenvalue weighted by molar-refractivity contribution is 5.99. The largest absolute Gasteiger partial charge is 0.342 e. The molecule has 1 aromatic carbocycles. The van der Waals surface area contributed by atoms with Crippen molar-refractivity contribution in [1.82, 2.24) is 10.2 Å². The van der Waals surface area contributed by atoms with Gasteiger partial charge in [0.25, 0.3) is 5.91 Å². The smallest absolute Gasteiger partial charge is 0.250 e. The minimum Gasteiger partial charge on any atom is -0.342 e. The summed E-state index contributed by atoms with van der Waals surface area (Å²) in [4.78, 5) is 26.2. The van der Waals surface area contributed by atoms with Gasteiger partial charge in [0.2, 0.25) is 5.91 Å². The lowest BCUT2D eigenvalue weighted by atomic mass is 9.86. The second kappa shape index (κ2) is 4.44. The van der Waals surface area contributed by atoms with Crippen LogP contribution in [0.1, 0.15) is 26.3 Å². The van der Waals surface area contributed by atoms with E-state index in [2.05, 4.69) is 5.32 Å². The van der Waals surface area contributed by atoms with Crippen molar-refractivity contribution in [3.05, 3.63) is 35.9 Å². The Kier molecular flexibility index (Phi) is 3.11. The third kappa shape index (κ3) is 1.68. The number of carbonyl (C=O) groups excluding carboxylic acids is 2. The minimum absolute atomic E-state index is 0.0385. The van der Waals surface area contributed by atoms with Gasteiger partial charge in [-0.1, -0.05) is 30.3 Å². The molecule has 1 N–H and O–H groups in total. The molecule has 1 aliphatic rings. The Morgan fingerprint density at radius 3 is 2.44 bits per heavy atom. The van der Waals surface area contributed by atoms with Gasteiger partial charge in [-0.3, -0.25) is 9.59 Å². The van der Waals surface area contributed by atoms with Crippen LogP contribution in [0.15, 0.2) is 30.3 Å². The number of rotatable bonds is 2. The molecule has 2 atom stereocenters. The summed E-state index contributed by atoms with van der Waals surface area (Å²) >= 11 is 0. The fourth-order valence-corrected chi connectivity index (χ4v) is 2.50. The third-order valence-electron chi connectivity index (χ3n) is 3.62. The van der Waals surface area contributed by atoms with Crippen molar-refractivity contribution >= 4 is 11.8 Å². The number of amides is 2. The standard InChI is InChI=1S/C14H18N2O2/c1-4-16-12(17)10(2)15-13(18)14(16,3)11-8-6-5-7-9-11/h5-10H,4H2,1-3H3,(H,15,18). The quantitative estimate of drug-likeness (QED) is 0.854. The first kappa shape index (κ1) is 12.6. The average molecular weight is 246 g/mol. The second-order valence-corrected chi connectivity index (χ2v) is 4.72. The van der Waals surface area contributed by atoms with Crippen LogP contribution in [-0.2, 0) is 15.1 Å². The van der Waals surface area contributed by atoms with Gasteiger partial charge in [0.1, 0.15) is 11.6 Å². The van der Waals surface area contributed by atoms with Crippen molar-refractivity contribution < 1.29 is 9.59 Å². The molecule has 1 heterocycles. The third-order valence-corrected chi connectivity index (χ3v) is 3.62. The number of carbonyl (C=O) groups is 2. The van der Waals surface area contributed by atoms with E-state index in [0.29, 0.717) is 6.54 Å². The van der Waals surface area contributed by atoms with Gasteiger partial charge in [0, 0.05) is 6.54 Å².